The molecule has 0 saturated heterocycles. The maximum Gasteiger partial charge on any atom is 0.406 e. The second kappa shape index (κ2) is 8.08. The number of nitrogens with zero attached hydrogens (tertiary/aromatic N) is 4. The van der Waals surface area contributed by atoms with E-state index in [1.165, 1.54) is 18.3 Å². The SMILES string of the molecule is Cc1c(C#N)c(NC(=O)COc2cccnc2[N+](=O)[O-])n(C2CCCC2)c1C. The molecule has 0 spiro atoms. The van der Waals surface area contributed by atoms with E-state index in [1.54, 1.807) is 0 Å². The van der Waals surface area contributed by atoms with E-state index in [0.29, 0.717) is 11.4 Å². The van der Waals surface area contributed by atoms with E-state index in [-0.39, 0.29) is 11.8 Å². The summed E-state index contributed by atoms with van der Waals surface area (Å²) in [6.45, 7) is 3.38. The topological polar surface area (TPSA) is 123 Å². The molecular weight excluding hydrogens is 362 g/mol. The molecule has 0 aromatic carbocycles. The summed E-state index contributed by atoms with van der Waals surface area (Å²) in [5.74, 6) is -0.555. The molecule has 1 amide bonds. The molecule has 3 rings (SSSR count). The van der Waals surface area contributed by atoms with Gasteiger partial charge in [-0.25, -0.2) is 0 Å². The standard InChI is InChI=1S/C19H21N5O4/c1-12-13(2)23(14-6-3-4-7-14)18(15(12)10-20)22-17(25)11-28-16-8-5-9-21-19(16)24(26)27/h5,8-9,14H,3-4,6-7,11H2,1-2H3,(H,22,25). The molecule has 1 fully saturated rings. The van der Waals surface area contributed by atoms with Crippen LogP contribution in [0.2, 0.25) is 0 Å². The molecule has 1 aliphatic carbocycles. The summed E-state index contributed by atoms with van der Waals surface area (Å²) in [5.41, 5.74) is 2.24. The quantitative estimate of drug-likeness (QED) is 0.602. The first kappa shape index (κ1) is 19.4. The zero-order valence-corrected chi connectivity index (χ0v) is 15.8. The monoisotopic (exact) mass is 383 g/mol. The minimum atomic E-state index is -0.668. The molecule has 146 valence electrons. The second-order valence-corrected chi connectivity index (χ2v) is 6.77. The third kappa shape index (κ3) is 3.67. The highest BCUT2D eigenvalue weighted by atomic mass is 16.6. The molecule has 0 radical (unpaired) electrons. The fraction of sp³-hybridized carbons (Fsp3) is 0.421. The summed E-state index contributed by atoms with van der Waals surface area (Å²) in [6, 6.07) is 5.30. The highest BCUT2D eigenvalue weighted by molar-refractivity contribution is 5.93. The number of hydrogen-bond acceptors (Lipinski definition) is 6. The number of ether oxygens (including phenoxy) is 1. The number of nitrogens with one attached hydrogen (secondary N) is 1. The second-order valence-electron chi connectivity index (χ2n) is 6.77. The summed E-state index contributed by atoms with van der Waals surface area (Å²) in [5, 5.41) is 23.3. The Kier molecular flexibility index (Phi) is 5.59. The van der Waals surface area contributed by atoms with Gasteiger partial charge in [0.25, 0.3) is 5.91 Å². The van der Waals surface area contributed by atoms with Gasteiger partial charge in [-0.15, -0.1) is 0 Å². The Morgan fingerprint density at radius 2 is 2.18 bits per heavy atom. The first-order chi connectivity index (χ1) is 13.4. The Bertz CT molecular complexity index is 954. The lowest BCUT2D eigenvalue weighted by Crippen LogP contribution is -2.23. The maximum absolute atomic E-state index is 12.5. The Morgan fingerprint density at radius 1 is 1.46 bits per heavy atom. The van der Waals surface area contributed by atoms with Gasteiger partial charge in [0.1, 0.15) is 18.1 Å². The molecular formula is C19H21N5O4. The van der Waals surface area contributed by atoms with Crippen molar-refractivity contribution >= 4 is 17.5 Å². The number of carbonyl (C=O) groups is 1. The van der Waals surface area contributed by atoms with Crippen molar-refractivity contribution in [2.24, 2.45) is 0 Å². The fourth-order valence-electron chi connectivity index (χ4n) is 3.65. The molecule has 1 N–H and O–H groups in total. The van der Waals surface area contributed by atoms with Crippen LogP contribution in [0.1, 0.15) is 48.5 Å². The number of pyridine rings is 1. The minimum Gasteiger partial charge on any atom is -0.476 e. The highest BCUT2D eigenvalue weighted by Gasteiger charge is 2.27. The maximum atomic E-state index is 12.5. The van der Waals surface area contributed by atoms with Crippen molar-refractivity contribution in [3.8, 4) is 11.8 Å². The molecule has 0 bridgehead atoms. The molecule has 2 aromatic heterocycles. The third-order valence-electron chi connectivity index (χ3n) is 5.10. The van der Waals surface area contributed by atoms with Gasteiger partial charge in [-0.2, -0.15) is 5.26 Å². The van der Waals surface area contributed by atoms with E-state index >= 15 is 0 Å². The Labute approximate surface area is 162 Å². The highest BCUT2D eigenvalue weighted by Crippen LogP contribution is 2.37. The normalized spacial score (nSPS) is 13.9. The lowest BCUT2D eigenvalue weighted by Gasteiger charge is -2.19. The van der Waals surface area contributed by atoms with Crippen molar-refractivity contribution in [1.29, 1.82) is 5.26 Å². The van der Waals surface area contributed by atoms with Crippen molar-refractivity contribution in [3.05, 3.63) is 45.3 Å². The summed E-state index contributed by atoms with van der Waals surface area (Å²) >= 11 is 0. The van der Waals surface area contributed by atoms with Crippen LogP contribution in [0.3, 0.4) is 0 Å². The van der Waals surface area contributed by atoms with Gasteiger partial charge in [-0.1, -0.05) is 12.8 Å². The van der Waals surface area contributed by atoms with Gasteiger partial charge in [0.15, 0.2) is 6.61 Å². The summed E-state index contributed by atoms with van der Waals surface area (Å²) in [4.78, 5) is 26.4. The molecule has 1 aliphatic rings. The Balaban J connectivity index is 1.80. The lowest BCUT2D eigenvalue weighted by atomic mass is 10.2. The fourth-order valence-corrected chi connectivity index (χ4v) is 3.65. The minimum absolute atomic E-state index is 0.0818. The number of anilines is 1. The van der Waals surface area contributed by atoms with Crippen LogP contribution in [-0.4, -0.2) is 27.0 Å². The Hall–Kier alpha value is -3.41. The first-order valence-corrected chi connectivity index (χ1v) is 9.07. The van der Waals surface area contributed by atoms with Gasteiger partial charge in [-0.05, 0) is 54.3 Å². The van der Waals surface area contributed by atoms with Crippen LogP contribution in [0.5, 0.6) is 5.75 Å². The molecule has 28 heavy (non-hydrogen) atoms. The predicted octanol–water partition coefficient (Wildman–Crippen LogP) is 3.41. The average molecular weight is 383 g/mol. The van der Waals surface area contributed by atoms with Gasteiger partial charge in [0.2, 0.25) is 5.75 Å². The number of nitro groups is 1. The smallest absolute Gasteiger partial charge is 0.406 e. The number of hydrogen-bond donors (Lipinski definition) is 1. The van der Waals surface area contributed by atoms with E-state index in [9.17, 15) is 20.2 Å². The zero-order valence-electron chi connectivity index (χ0n) is 15.8. The van der Waals surface area contributed by atoms with Gasteiger partial charge >= 0.3 is 5.82 Å². The molecule has 2 heterocycles. The number of aromatic nitrogens is 2. The summed E-state index contributed by atoms with van der Waals surface area (Å²) in [6.07, 6.45) is 5.52. The van der Waals surface area contributed by atoms with Crippen molar-refractivity contribution in [2.75, 3.05) is 11.9 Å². The molecule has 0 unspecified atom stereocenters. The van der Waals surface area contributed by atoms with Crippen LogP contribution in [-0.2, 0) is 4.79 Å². The first-order valence-electron chi connectivity index (χ1n) is 9.07. The van der Waals surface area contributed by atoms with Gasteiger partial charge < -0.3 is 24.7 Å². The van der Waals surface area contributed by atoms with E-state index < -0.39 is 23.3 Å². The molecule has 9 nitrogen and oxygen atoms in total. The van der Waals surface area contributed by atoms with Gasteiger partial charge in [-0.3, -0.25) is 4.79 Å². The Morgan fingerprint density at radius 3 is 2.82 bits per heavy atom. The summed E-state index contributed by atoms with van der Waals surface area (Å²) in [7, 11) is 0. The van der Waals surface area contributed by atoms with E-state index in [1.807, 2.05) is 18.4 Å². The van der Waals surface area contributed by atoms with Crippen LogP contribution >= 0.6 is 0 Å². The van der Waals surface area contributed by atoms with Crippen LogP contribution in [0.25, 0.3) is 0 Å². The van der Waals surface area contributed by atoms with Crippen LogP contribution in [0.15, 0.2) is 18.3 Å². The van der Waals surface area contributed by atoms with Crippen molar-refractivity contribution in [3.63, 3.8) is 0 Å². The molecule has 1 saturated carbocycles. The van der Waals surface area contributed by atoms with E-state index in [4.69, 9.17) is 4.74 Å². The third-order valence-corrected chi connectivity index (χ3v) is 5.10. The number of amides is 1. The average Bonchev–Trinajstić information content (AvgIpc) is 3.27. The number of nitriles is 1. The van der Waals surface area contributed by atoms with Crippen molar-refractivity contribution in [1.82, 2.24) is 9.55 Å². The van der Waals surface area contributed by atoms with Gasteiger partial charge in [0, 0.05) is 11.7 Å². The van der Waals surface area contributed by atoms with E-state index in [2.05, 4.69) is 16.4 Å². The number of carbonyl (C=O) groups excluding carboxylic acids is 1. The number of rotatable bonds is 6. The van der Waals surface area contributed by atoms with Crippen molar-refractivity contribution < 1.29 is 14.5 Å². The van der Waals surface area contributed by atoms with Crippen LogP contribution < -0.4 is 10.1 Å². The van der Waals surface area contributed by atoms with Crippen LogP contribution in [0, 0.1) is 35.3 Å². The zero-order chi connectivity index (χ0) is 20.3. The summed E-state index contributed by atoms with van der Waals surface area (Å²) < 4.78 is 7.33. The molecule has 0 atom stereocenters. The van der Waals surface area contributed by atoms with Crippen LogP contribution in [0.4, 0.5) is 11.6 Å². The van der Waals surface area contributed by atoms with Gasteiger partial charge in [0.05, 0.1) is 5.56 Å². The largest absolute Gasteiger partial charge is 0.476 e. The lowest BCUT2D eigenvalue weighted by molar-refractivity contribution is -0.390. The van der Waals surface area contributed by atoms with Crippen molar-refractivity contribution in [2.45, 2.75) is 45.6 Å². The predicted molar refractivity (Wildman–Crippen MR) is 101 cm³/mol. The molecule has 2 aromatic rings. The molecule has 9 heteroatoms. The van der Waals surface area contributed by atoms with E-state index in [0.717, 1.165) is 36.9 Å². The molecule has 0 aliphatic heterocycles.